The molecule has 0 radical (unpaired) electrons. The summed E-state index contributed by atoms with van der Waals surface area (Å²) in [5.74, 6) is 0. The number of halogens is 1. The Morgan fingerprint density at radius 2 is 2.22 bits per heavy atom. The largest absolute Gasteiger partial charge is 0.263 e. The molecule has 6 heteroatoms. The molecule has 100 valence electrons. The minimum Gasteiger partial charge on any atom is -0.263 e. The van der Waals surface area contributed by atoms with Crippen LogP contribution in [0.2, 0.25) is 5.02 Å². The van der Waals surface area contributed by atoms with Crippen molar-refractivity contribution in [1.29, 1.82) is 0 Å². The molecular weight excluding hydrogens is 272 g/mol. The van der Waals surface area contributed by atoms with Crippen molar-refractivity contribution >= 4 is 21.6 Å². The third-order valence-electron chi connectivity index (χ3n) is 3.31. The van der Waals surface area contributed by atoms with E-state index in [2.05, 4.69) is 23.6 Å². The van der Waals surface area contributed by atoms with Gasteiger partial charge in [-0.2, -0.15) is 0 Å². The van der Waals surface area contributed by atoms with Gasteiger partial charge in [-0.05, 0) is 30.7 Å². The average Bonchev–Trinajstić information content (AvgIpc) is 2.57. The van der Waals surface area contributed by atoms with Crippen LogP contribution in [0.1, 0.15) is 33.1 Å². The van der Waals surface area contributed by atoms with Gasteiger partial charge in [0.25, 0.3) is 0 Å². The summed E-state index contributed by atoms with van der Waals surface area (Å²) in [7, 11) is -3.57. The van der Waals surface area contributed by atoms with E-state index in [1.54, 1.807) is 0 Å². The van der Waals surface area contributed by atoms with Crippen molar-refractivity contribution in [2.75, 3.05) is 0 Å². The lowest BCUT2D eigenvalue weighted by molar-refractivity contribution is 0.372. The molecule has 0 aromatic carbocycles. The van der Waals surface area contributed by atoms with E-state index in [0.717, 1.165) is 19.3 Å². The van der Waals surface area contributed by atoms with E-state index in [9.17, 15) is 8.42 Å². The van der Waals surface area contributed by atoms with Crippen LogP contribution in [0.4, 0.5) is 0 Å². The number of rotatable bonds is 3. The summed E-state index contributed by atoms with van der Waals surface area (Å²) in [5.41, 5.74) is 0.200. The van der Waals surface area contributed by atoms with E-state index in [0.29, 0.717) is 0 Å². The molecular formula is C12H17ClN2O2S. The zero-order valence-electron chi connectivity index (χ0n) is 10.5. The standard InChI is InChI=1S/C12H17ClN2O2S/c1-12(2)5-3-9(7-12)15-18(16,17)11-8-14-6-4-10(11)13/h4,6,8-9,15H,3,5,7H2,1-2H3. The van der Waals surface area contributed by atoms with Crippen molar-refractivity contribution in [2.24, 2.45) is 5.41 Å². The van der Waals surface area contributed by atoms with Crippen LogP contribution in [0.15, 0.2) is 23.4 Å². The van der Waals surface area contributed by atoms with E-state index < -0.39 is 10.0 Å². The molecule has 18 heavy (non-hydrogen) atoms. The predicted molar refractivity (Wildman–Crippen MR) is 71.0 cm³/mol. The van der Waals surface area contributed by atoms with Gasteiger partial charge in [0.15, 0.2) is 0 Å². The Kier molecular flexibility index (Phi) is 3.67. The Morgan fingerprint density at radius 3 is 2.78 bits per heavy atom. The molecule has 1 aromatic rings. The minimum absolute atomic E-state index is 0.0127. The maximum atomic E-state index is 12.2. The van der Waals surface area contributed by atoms with Crippen LogP contribution in [-0.4, -0.2) is 19.4 Å². The van der Waals surface area contributed by atoms with Gasteiger partial charge in [-0.15, -0.1) is 0 Å². The van der Waals surface area contributed by atoms with Gasteiger partial charge in [-0.1, -0.05) is 25.4 Å². The maximum absolute atomic E-state index is 12.2. The molecule has 1 atom stereocenters. The number of pyridine rings is 1. The van der Waals surface area contributed by atoms with E-state index in [-0.39, 0.29) is 21.4 Å². The maximum Gasteiger partial charge on any atom is 0.243 e. The van der Waals surface area contributed by atoms with Gasteiger partial charge in [0, 0.05) is 18.4 Å². The Hall–Kier alpha value is -0.650. The van der Waals surface area contributed by atoms with Crippen molar-refractivity contribution in [3.05, 3.63) is 23.5 Å². The van der Waals surface area contributed by atoms with E-state index in [1.807, 2.05) is 0 Å². The molecule has 0 bridgehead atoms. The van der Waals surface area contributed by atoms with Crippen LogP contribution < -0.4 is 4.72 Å². The molecule has 0 saturated heterocycles. The van der Waals surface area contributed by atoms with Crippen molar-refractivity contribution < 1.29 is 8.42 Å². The van der Waals surface area contributed by atoms with Crippen LogP contribution in [0.5, 0.6) is 0 Å². The lowest BCUT2D eigenvalue weighted by Gasteiger charge is -2.18. The Bertz CT molecular complexity index is 543. The molecule has 1 saturated carbocycles. The van der Waals surface area contributed by atoms with Crippen molar-refractivity contribution in [2.45, 2.75) is 44.0 Å². The second-order valence-corrected chi connectivity index (χ2v) is 7.62. The number of sulfonamides is 1. The summed E-state index contributed by atoms with van der Waals surface area (Å²) < 4.78 is 27.1. The molecule has 1 N–H and O–H groups in total. The second-order valence-electron chi connectivity index (χ2n) is 5.53. The highest BCUT2D eigenvalue weighted by Crippen LogP contribution is 2.37. The van der Waals surface area contributed by atoms with Gasteiger partial charge in [0.2, 0.25) is 10.0 Å². The quantitative estimate of drug-likeness (QED) is 0.930. The molecule has 1 fully saturated rings. The number of hydrogen-bond acceptors (Lipinski definition) is 3. The Balaban J connectivity index is 2.17. The highest BCUT2D eigenvalue weighted by molar-refractivity contribution is 7.89. The summed E-state index contributed by atoms with van der Waals surface area (Å²) in [5, 5.41) is 0.203. The van der Waals surface area contributed by atoms with Gasteiger partial charge >= 0.3 is 0 Å². The van der Waals surface area contributed by atoms with Gasteiger partial charge in [0.05, 0.1) is 5.02 Å². The molecule has 0 aliphatic heterocycles. The van der Waals surface area contributed by atoms with E-state index in [1.165, 1.54) is 18.5 Å². The van der Waals surface area contributed by atoms with Gasteiger partial charge < -0.3 is 0 Å². The van der Waals surface area contributed by atoms with Crippen molar-refractivity contribution in [1.82, 2.24) is 9.71 Å². The zero-order chi connectivity index (χ0) is 13.4. The third-order valence-corrected chi connectivity index (χ3v) is 5.30. The first-order valence-electron chi connectivity index (χ1n) is 5.92. The van der Waals surface area contributed by atoms with Gasteiger partial charge in [0.1, 0.15) is 4.90 Å². The Labute approximate surface area is 113 Å². The third kappa shape index (κ3) is 3.02. The smallest absolute Gasteiger partial charge is 0.243 e. The molecule has 1 unspecified atom stereocenters. The summed E-state index contributed by atoms with van der Waals surface area (Å²) >= 11 is 5.89. The van der Waals surface area contributed by atoms with Crippen molar-refractivity contribution in [3.8, 4) is 0 Å². The second kappa shape index (κ2) is 4.79. The average molecular weight is 289 g/mol. The number of aromatic nitrogens is 1. The van der Waals surface area contributed by atoms with Crippen LogP contribution in [-0.2, 0) is 10.0 Å². The monoisotopic (exact) mass is 288 g/mol. The molecule has 2 rings (SSSR count). The number of hydrogen-bond donors (Lipinski definition) is 1. The summed E-state index contributed by atoms with van der Waals surface area (Å²) in [6.07, 6.45) is 5.50. The summed E-state index contributed by atoms with van der Waals surface area (Å²) in [6.45, 7) is 4.30. The van der Waals surface area contributed by atoms with Crippen molar-refractivity contribution in [3.63, 3.8) is 0 Å². The fourth-order valence-electron chi connectivity index (χ4n) is 2.38. The van der Waals surface area contributed by atoms with Crippen LogP contribution in [0.3, 0.4) is 0 Å². The van der Waals surface area contributed by atoms with Crippen LogP contribution in [0, 0.1) is 5.41 Å². The van der Waals surface area contributed by atoms with Gasteiger partial charge in [-0.25, -0.2) is 13.1 Å². The first-order valence-corrected chi connectivity index (χ1v) is 7.78. The fraction of sp³-hybridized carbons (Fsp3) is 0.583. The lowest BCUT2D eigenvalue weighted by atomic mass is 9.92. The van der Waals surface area contributed by atoms with E-state index in [4.69, 9.17) is 11.6 Å². The summed E-state index contributed by atoms with van der Waals surface area (Å²) in [6, 6.07) is 1.47. The highest BCUT2D eigenvalue weighted by atomic mass is 35.5. The molecule has 1 aliphatic rings. The topological polar surface area (TPSA) is 59.1 Å². The molecule has 1 heterocycles. The summed E-state index contributed by atoms with van der Waals surface area (Å²) in [4.78, 5) is 3.86. The number of nitrogens with zero attached hydrogens (tertiary/aromatic N) is 1. The molecule has 1 aliphatic carbocycles. The first kappa shape index (κ1) is 13.8. The molecule has 0 amide bonds. The van der Waals surface area contributed by atoms with Crippen LogP contribution in [0.25, 0.3) is 0 Å². The minimum atomic E-state index is -3.57. The number of nitrogens with one attached hydrogen (secondary N) is 1. The predicted octanol–water partition coefficient (Wildman–Crippen LogP) is 2.59. The molecule has 4 nitrogen and oxygen atoms in total. The fourth-order valence-corrected chi connectivity index (χ4v) is 4.08. The normalized spacial score (nSPS) is 23.2. The molecule has 1 aromatic heterocycles. The Morgan fingerprint density at radius 1 is 1.50 bits per heavy atom. The zero-order valence-corrected chi connectivity index (χ0v) is 12.1. The van der Waals surface area contributed by atoms with E-state index >= 15 is 0 Å². The van der Waals surface area contributed by atoms with Gasteiger partial charge in [-0.3, -0.25) is 4.98 Å². The molecule has 0 spiro atoms. The highest BCUT2D eigenvalue weighted by Gasteiger charge is 2.33. The van der Waals surface area contributed by atoms with Crippen LogP contribution >= 0.6 is 11.6 Å². The SMILES string of the molecule is CC1(C)CCC(NS(=O)(=O)c2cnccc2Cl)C1. The lowest BCUT2D eigenvalue weighted by Crippen LogP contribution is -2.33. The first-order chi connectivity index (χ1) is 8.30.